The van der Waals surface area contributed by atoms with Gasteiger partial charge >= 0.3 is 0 Å². The highest BCUT2D eigenvalue weighted by atomic mass is 32.2. The van der Waals surface area contributed by atoms with Gasteiger partial charge in [-0.1, -0.05) is 6.92 Å². The Morgan fingerprint density at radius 2 is 1.82 bits per heavy atom. The van der Waals surface area contributed by atoms with Crippen LogP contribution in [0.2, 0.25) is 0 Å². The van der Waals surface area contributed by atoms with E-state index < -0.39 is 10.0 Å². The van der Waals surface area contributed by atoms with Crippen LogP contribution in [0.5, 0.6) is 0 Å². The van der Waals surface area contributed by atoms with Crippen LogP contribution < -0.4 is 0 Å². The first-order valence-electron chi connectivity index (χ1n) is 6.28. The summed E-state index contributed by atoms with van der Waals surface area (Å²) >= 11 is 0. The normalized spacial score (nSPS) is 26.7. The van der Waals surface area contributed by atoms with Crippen LogP contribution in [0.1, 0.15) is 20.3 Å². The number of hydrogen-bond donors (Lipinski definition) is 0. The van der Waals surface area contributed by atoms with Crippen LogP contribution in [0.25, 0.3) is 0 Å². The Balaban J connectivity index is 1.92. The topological polar surface area (TPSA) is 49.9 Å². The lowest BCUT2D eigenvalue weighted by Crippen LogP contribution is -2.71. The molecule has 2 aliphatic rings. The molecule has 0 unspecified atom stereocenters. The van der Waals surface area contributed by atoms with E-state index in [2.05, 4.69) is 11.8 Å². The quantitative estimate of drug-likeness (QED) is 0.723. The Bertz CT molecular complexity index is 357. The third-order valence-electron chi connectivity index (χ3n) is 3.66. The molecule has 0 aliphatic carbocycles. The van der Waals surface area contributed by atoms with Gasteiger partial charge in [0.15, 0.2) is 0 Å². The van der Waals surface area contributed by atoms with Gasteiger partial charge in [-0.2, -0.15) is 4.31 Å². The summed E-state index contributed by atoms with van der Waals surface area (Å²) in [5.41, 5.74) is 0.0184. The predicted octanol–water partition coefficient (Wildman–Crippen LogP) is 0.133. The number of rotatable bonds is 4. The van der Waals surface area contributed by atoms with Crippen molar-refractivity contribution in [3.05, 3.63) is 0 Å². The maximum atomic E-state index is 11.9. The number of nitrogens with zero attached hydrogens (tertiary/aromatic N) is 2. The average Bonchev–Trinajstić information content (AvgIpc) is 2.26. The van der Waals surface area contributed by atoms with E-state index in [0.717, 1.165) is 26.3 Å². The zero-order valence-electron chi connectivity index (χ0n) is 10.7. The molecule has 5 nitrogen and oxygen atoms in total. The molecule has 0 amide bonds. The molecule has 2 heterocycles. The van der Waals surface area contributed by atoms with Crippen molar-refractivity contribution in [3.63, 3.8) is 0 Å². The van der Waals surface area contributed by atoms with E-state index >= 15 is 0 Å². The first-order chi connectivity index (χ1) is 7.98. The van der Waals surface area contributed by atoms with Crippen molar-refractivity contribution in [2.24, 2.45) is 0 Å². The molecule has 0 aromatic heterocycles. The third-order valence-corrected chi connectivity index (χ3v) is 5.63. The molecule has 2 saturated heterocycles. The Kier molecular flexibility index (Phi) is 3.77. The molecule has 2 aliphatic heterocycles. The van der Waals surface area contributed by atoms with Gasteiger partial charge in [-0.05, 0) is 13.3 Å². The van der Waals surface area contributed by atoms with Crippen LogP contribution in [0.3, 0.4) is 0 Å². The van der Waals surface area contributed by atoms with Crippen molar-refractivity contribution in [1.29, 1.82) is 0 Å². The maximum Gasteiger partial charge on any atom is 0.214 e. The van der Waals surface area contributed by atoms with Crippen LogP contribution >= 0.6 is 0 Å². The lowest BCUT2D eigenvalue weighted by atomic mass is 9.92. The first-order valence-corrected chi connectivity index (χ1v) is 7.89. The van der Waals surface area contributed by atoms with Gasteiger partial charge < -0.3 is 4.74 Å². The molecule has 0 spiro atoms. The summed E-state index contributed by atoms with van der Waals surface area (Å²) in [5, 5.41) is 0. The van der Waals surface area contributed by atoms with Crippen molar-refractivity contribution in [3.8, 4) is 0 Å². The first kappa shape index (κ1) is 13.3. The summed E-state index contributed by atoms with van der Waals surface area (Å²) in [6.07, 6.45) is 0.688. The minimum Gasteiger partial charge on any atom is -0.379 e. The van der Waals surface area contributed by atoms with Gasteiger partial charge in [-0.3, -0.25) is 4.90 Å². The Labute approximate surface area is 104 Å². The fraction of sp³-hybridized carbons (Fsp3) is 1.00. The maximum absolute atomic E-state index is 11.9. The second kappa shape index (κ2) is 4.84. The lowest BCUT2D eigenvalue weighted by molar-refractivity contribution is -0.0601. The van der Waals surface area contributed by atoms with Crippen molar-refractivity contribution < 1.29 is 13.2 Å². The Morgan fingerprint density at radius 3 is 2.35 bits per heavy atom. The average molecular weight is 262 g/mol. The molecule has 2 rings (SSSR count). The van der Waals surface area contributed by atoms with Gasteiger partial charge in [-0.25, -0.2) is 8.42 Å². The summed E-state index contributed by atoms with van der Waals surface area (Å²) in [6.45, 7) is 8.67. The Morgan fingerprint density at radius 1 is 1.24 bits per heavy atom. The van der Waals surface area contributed by atoms with E-state index in [9.17, 15) is 8.42 Å². The lowest BCUT2D eigenvalue weighted by Gasteiger charge is -2.54. The zero-order chi connectivity index (χ0) is 12.5. The van der Waals surface area contributed by atoms with Gasteiger partial charge in [0.2, 0.25) is 10.0 Å². The number of sulfonamides is 1. The number of morpholine rings is 1. The minimum absolute atomic E-state index is 0.0184. The molecular weight excluding hydrogens is 240 g/mol. The van der Waals surface area contributed by atoms with Crippen LogP contribution in [0, 0.1) is 0 Å². The van der Waals surface area contributed by atoms with Gasteiger partial charge in [-0.15, -0.1) is 0 Å². The highest BCUT2D eigenvalue weighted by Gasteiger charge is 2.48. The largest absolute Gasteiger partial charge is 0.379 e. The molecular formula is C11H22N2O3S. The molecule has 100 valence electrons. The van der Waals surface area contributed by atoms with E-state index in [1.54, 1.807) is 4.31 Å². The van der Waals surface area contributed by atoms with E-state index in [4.69, 9.17) is 4.74 Å². The van der Waals surface area contributed by atoms with Crippen molar-refractivity contribution in [2.75, 3.05) is 45.1 Å². The van der Waals surface area contributed by atoms with E-state index in [-0.39, 0.29) is 11.3 Å². The third kappa shape index (κ3) is 2.65. The van der Waals surface area contributed by atoms with Crippen molar-refractivity contribution in [1.82, 2.24) is 9.21 Å². The van der Waals surface area contributed by atoms with Crippen LogP contribution in [-0.2, 0) is 14.8 Å². The molecule has 0 bridgehead atoms. The second-order valence-corrected chi connectivity index (χ2v) is 7.27. The highest BCUT2D eigenvalue weighted by Crippen LogP contribution is 2.30. The van der Waals surface area contributed by atoms with Crippen molar-refractivity contribution >= 4 is 10.0 Å². The van der Waals surface area contributed by atoms with Crippen molar-refractivity contribution in [2.45, 2.75) is 25.8 Å². The van der Waals surface area contributed by atoms with Gasteiger partial charge in [0, 0.05) is 31.7 Å². The SMILES string of the molecule is CCCS(=O)(=O)N1CC(C)(N2CCOCC2)C1. The Hall–Kier alpha value is -0.170. The summed E-state index contributed by atoms with van der Waals surface area (Å²) in [5.74, 6) is 0.270. The van der Waals surface area contributed by atoms with Crippen LogP contribution in [0.4, 0.5) is 0 Å². The second-order valence-electron chi connectivity index (χ2n) is 5.18. The summed E-state index contributed by atoms with van der Waals surface area (Å²) in [6, 6.07) is 0. The molecule has 17 heavy (non-hydrogen) atoms. The number of hydrogen-bond acceptors (Lipinski definition) is 4. The smallest absolute Gasteiger partial charge is 0.214 e. The standard InChI is InChI=1S/C11H22N2O3S/c1-3-8-17(14,15)13-9-11(2,10-13)12-4-6-16-7-5-12/h3-10H2,1-2H3. The molecule has 2 fully saturated rings. The van der Waals surface area contributed by atoms with Gasteiger partial charge in [0.05, 0.1) is 19.0 Å². The van der Waals surface area contributed by atoms with Gasteiger partial charge in [0.1, 0.15) is 0 Å². The zero-order valence-corrected chi connectivity index (χ0v) is 11.5. The fourth-order valence-electron chi connectivity index (χ4n) is 2.60. The predicted molar refractivity (Wildman–Crippen MR) is 66.4 cm³/mol. The van der Waals surface area contributed by atoms with Gasteiger partial charge in [0.25, 0.3) is 0 Å². The molecule has 0 N–H and O–H groups in total. The van der Waals surface area contributed by atoms with Crippen LogP contribution in [-0.4, -0.2) is 68.3 Å². The molecule has 0 radical (unpaired) electrons. The molecule has 6 heteroatoms. The number of ether oxygens (including phenoxy) is 1. The van der Waals surface area contributed by atoms with E-state index in [1.165, 1.54) is 0 Å². The fourth-order valence-corrected chi connectivity index (χ4v) is 4.32. The van der Waals surface area contributed by atoms with E-state index in [1.807, 2.05) is 6.92 Å². The summed E-state index contributed by atoms with van der Waals surface area (Å²) < 4.78 is 30.7. The monoisotopic (exact) mass is 262 g/mol. The molecule has 0 saturated carbocycles. The molecule has 0 atom stereocenters. The van der Waals surface area contributed by atoms with E-state index in [0.29, 0.717) is 19.5 Å². The molecule has 0 aromatic carbocycles. The summed E-state index contributed by atoms with van der Waals surface area (Å²) in [7, 11) is -3.01. The minimum atomic E-state index is -3.01. The summed E-state index contributed by atoms with van der Waals surface area (Å²) in [4.78, 5) is 2.36. The molecule has 0 aromatic rings. The van der Waals surface area contributed by atoms with Crippen LogP contribution in [0.15, 0.2) is 0 Å². The highest BCUT2D eigenvalue weighted by molar-refractivity contribution is 7.89.